The zero-order valence-corrected chi connectivity index (χ0v) is 18.3. The minimum atomic E-state index is -0.0506. The highest BCUT2D eigenvalue weighted by Crippen LogP contribution is 2.56. The van der Waals surface area contributed by atoms with Crippen molar-refractivity contribution in [2.45, 2.75) is 38.0 Å². The fourth-order valence-electron chi connectivity index (χ4n) is 5.06. The Morgan fingerprint density at radius 1 is 1.29 bits per heavy atom. The van der Waals surface area contributed by atoms with Gasteiger partial charge in [-0.2, -0.15) is 10.4 Å². The summed E-state index contributed by atoms with van der Waals surface area (Å²) in [7, 11) is 1.89. The molecule has 0 saturated heterocycles. The van der Waals surface area contributed by atoms with Crippen molar-refractivity contribution in [2.75, 3.05) is 5.32 Å². The van der Waals surface area contributed by atoms with Crippen molar-refractivity contribution in [3.05, 3.63) is 52.9 Å². The van der Waals surface area contributed by atoms with Gasteiger partial charge in [0.25, 0.3) is 0 Å². The van der Waals surface area contributed by atoms with Crippen LogP contribution < -0.4 is 5.32 Å². The van der Waals surface area contributed by atoms with Crippen LogP contribution in [-0.2, 0) is 11.8 Å². The SMILES string of the molecule is CC[C@H]1[C@@H](C(=O)Nc2cc3cc(C4CC(C#N)C4)c(Cl)cc3cn2)[C@@H]1c1cnn(C)c1. The van der Waals surface area contributed by atoms with Crippen LogP contribution in [0.2, 0.25) is 5.02 Å². The first-order valence-corrected chi connectivity index (χ1v) is 11.1. The largest absolute Gasteiger partial charge is 0.310 e. The van der Waals surface area contributed by atoms with Crippen molar-refractivity contribution in [1.29, 1.82) is 5.26 Å². The average molecular weight is 434 g/mol. The van der Waals surface area contributed by atoms with Crippen LogP contribution in [0.1, 0.15) is 49.1 Å². The second-order valence-corrected chi connectivity index (χ2v) is 9.25. The third-order valence-corrected chi connectivity index (χ3v) is 7.23. The summed E-state index contributed by atoms with van der Waals surface area (Å²) < 4.78 is 1.78. The Balaban J connectivity index is 1.35. The third-order valence-electron chi connectivity index (χ3n) is 6.90. The number of hydrogen-bond donors (Lipinski definition) is 1. The van der Waals surface area contributed by atoms with Crippen LogP contribution in [0.5, 0.6) is 0 Å². The van der Waals surface area contributed by atoms with E-state index in [1.165, 1.54) is 0 Å². The zero-order chi connectivity index (χ0) is 21.7. The number of carbonyl (C=O) groups excluding carboxylic acids is 1. The number of amides is 1. The molecule has 0 radical (unpaired) electrons. The molecule has 2 saturated carbocycles. The molecule has 7 heteroatoms. The number of nitrogens with zero attached hydrogens (tertiary/aromatic N) is 4. The highest BCUT2D eigenvalue weighted by atomic mass is 35.5. The summed E-state index contributed by atoms with van der Waals surface area (Å²) in [5.74, 6) is 1.52. The molecule has 0 bridgehead atoms. The minimum absolute atomic E-state index is 0.0117. The molecule has 1 N–H and O–H groups in total. The maximum absolute atomic E-state index is 13.0. The monoisotopic (exact) mass is 433 g/mol. The van der Waals surface area contributed by atoms with Crippen LogP contribution >= 0.6 is 11.6 Å². The van der Waals surface area contributed by atoms with Crippen molar-refractivity contribution in [3.63, 3.8) is 0 Å². The molecular formula is C24H24ClN5O. The molecule has 1 amide bonds. The van der Waals surface area contributed by atoms with Crippen LogP contribution in [0, 0.1) is 29.1 Å². The topological polar surface area (TPSA) is 83.6 Å². The van der Waals surface area contributed by atoms with Crippen molar-refractivity contribution >= 4 is 34.1 Å². The summed E-state index contributed by atoms with van der Waals surface area (Å²) in [6.07, 6.45) is 8.27. The molecule has 31 heavy (non-hydrogen) atoms. The number of benzene rings is 1. The lowest BCUT2D eigenvalue weighted by atomic mass is 9.72. The number of fused-ring (bicyclic) bond motifs is 1. The van der Waals surface area contributed by atoms with E-state index in [9.17, 15) is 4.79 Å². The maximum Gasteiger partial charge on any atom is 0.229 e. The molecule has 3 atom stereocenters. The van der Waals surface area contributed by atoms with Gasteiger partial charge < -0.3 is 5.32 Å². The summed E-state index contributed by atoms with van der Waals surface area (Å²) in [4.78, 5) is 17.4. The van der Waals surface area contributed by atoms with E-state index < -0.39 is 0 Å². The Morgan fingerprint density at radius 3 is 2.77 bits per heavy atom. The number of nitrogens with one attached hydrogen (secondary N) is 1. The van der Waals surface area contributed by atoms with Gasteiger partial charge >= 0.3 is 0 Å². The van der Waals surface area contributed by atoms with Gasteiger partial charge in [-0.25, -0.2) is 4.98 Å². The summed E-state index contributed by atoms with van der Waals surface area (Å²) in [6, 6.07) is 8.25. The number of hydrogen-bond acceptors (Lipinski definition) is 4. The van der Waals surface area contributed by atoms with Gasteiger partial charge in [0.2, 0.25) is 5.91 Å². The quantitative estimate of drug-likeness (QED) is 0.612. The molecule has 2 aliphatic rings. The molecule has 5 rings (SSSR count). The van der Waals surface area contributed by atoms with E-state index in [4.69, 9.17) is 16.9 Å². The minimum Gasteiger partial charge on any atom is -0.310 e. The normalized spacial score (nSPS) is 26.8. The second-order valence-electron chi connectivity index (χ2n) is 8.85. The highest BCUT2D eigenvalue weighted by molar-refractivity contribution is 6.32. The van der Waals surface area contributed by atoms with Crippen LogP contribution in [0.15, 0.2) is 36.8 Å². The fourth-order valence-corrected chi connectivity index (χ4v) is 5.38. The Hall–Kier alpha value is -2.91. The van der Waals surface area contributed by atoms with Gasteiger partial charge in [0.15, 0.2) is 0 Å². The lowest BCUT2D eigenvalue weighted by Crippen LogP contribution is -2.20. The molecular weight excluding hydrogens is 410 g/mol. The van der Waals surface area contributed by atoms with Gasteiger partial charge in [0, 0.05) is 47.6 Å². The van der Waals surface area contributed by atoms with Gasteiger partial charge in [-0.1, -0.05) is 24.9 Å². The zero-order valence-electron chi connectivity index (χ0n) is 17.5. The van der Waals surface area contributed by atoms with Gasteiger partial charge in [0.1, 0.15) is 5.82 Å². The Kier molecular flexibility index (Phi) is 4.94. The smallest absolute Gasteiger partial charge is 0.229 e. The summed E-state index contributed by atoms with van der Waals surface area (Å²) in [6.45, 7) is 2.12. The van der Waals surface area contributed by atoms with E-state index in [0.29, 0.717) is 17.7 Å². The highest BCUT2D eigenvalue weighted by Gasteiger charge is 2.54. The molecule has 3 aromatic rings. The lowest BCUT2D eigenvalue weighted by molar-refractivity contribution is -0.117. The molecule has 6 nitrogen and oxygen atoms in total. The van der Waals surface area contributed by atoms with Gasteiger partial charge in [-0.05, 0) is 59.4 Å². The van der Waals surface area contributed by atoms with Crippen molar-refractivity contribution in [2.24, 2.45) is 24.8 Å². The van der Waals surface area contributed by atoms with Crippen LogP contribution in [0.3, 0.4) is 0 Å². The number of rotatable bonds is 5. The molecule has 2 heterocycles. The van der Waals surface area contributed by atoms with E-state index in [0.717, 1.165) is 46.2 Å². The van der Waals surface area contributed by atoms with Crippen molar-refractivity contribution in [1.82, 2.24) is 14.8 Å². The maximum atomic E-state index is 13.0. The van der Waals surface area contributed by atoms with Gasteiger partial charge in [-0.15, -0.1) is 0 Å². The van der Waals surface area contributed by atoms with E-state index >= 15 is 0 Å². The summed E-state index contributed by atoms with van der Waals surface area (Å²) >= 11 is 6.50. The van der Waals surface area contributed by atoms with Crippen LogP contribution in [0.25, 0.3) is 10.8 Å². The molecule has 2 aromatic heterocycles. The van der Waals surface area contributed by atoms with Crippen molar-refractivity contribution in [3.8, 4) is 6.07 Å². The Labute approximate surface area is 186 Å². The predicted octanol–water partition coefficient (Wildman–Crippen LogP) is 5.02. The number of halogens is 1. The predicted molar refractivity (Wildman–Crippen MR) is 120 cm³/mol. The van der Waals surface area contributed by atoms with E-state index in [2.05, 4.69) is 34.5 Å². The number of aryl methyl sites for hydroxylation is 1. The number of anilines is 1. The molecule has 2 fully saturated rings. The number of pyridine rings is 1. The fraction of sp³-hybridized carbons (Fsp3) is 0.417. The first-order chi connectivity index (χ1) is 15.0. The van der Waals surface area contributed by atoms with E-state index in [1.54, 1.807) is 10.9 Å². The average Bonchev–Trinajstić information content (AvgIpc) is 3.31. The first kappa shape index (κ1) is 20.0. The summed E-state index contributed by atoms with van der Waals surface area (Å²) in [5.41, 5.74) is 2.20. The van der Waals surface area contributed by atoms with Gasteiger partial charge in [0.05, 0.1) is 12.3 Å². The Bertz CT molecular complexity index is 1210. The summed E-state index contributed by atoms with van der Waals surface area (Å²) in [5, 5.41) is 19.0. The van der Waals surface area contributed by atoms with E-state index in [1.807, 2.05) is 31.6 Å². The third kappa shape index (κ3) is 3.57. The number of nitriles is 1. The number of carbonyl (C=O) groups is 1. The second kappa shape index (κ2) is 7.65. The van der Waals surface area contributed by atoms with Crippen LogP contribution in [0.4, 0.5) is 5.82 Å². The molecule has 2 aliphatic carbocycles. The molecule has 0 aliphatic heterocycles. The van der Waals surface area contributed by atoms with Gasteiger partial charge in [-0.3, -0.25) is 9.48 Å². The van der Waals surface area contributed by atoms with E-state index in [-0.39, 0.29) is 23.7 Å². The standard InChI is InChI=1S/C24H24ClN5O/c1-3-18-22(17-11-28-30(2)12-17)23(18)24(31)29-21-8-14-6-19(15-4-13(5-15)9-26)20(25)7-16(14)10-27-21/h6-8,10-13,15,18,22-23H,3-5H2,1-2H3,(H,27,29,31)/t13?,15?,18-,22-,23-/m1/s1. The molecule has 0 spiro atoms. The lowest BCUT2D eigenvalue weighted by Gasteiger charge is -2.31. The van der Waals surface area contributed by atoms with Crippen LogP contribution in [-0.4, -0.2) is 20.7 Å². The molecule has 1 aromatic carbocycles. The molecule has 0 unspecified atom stereocenters. The number of aromatic nitrogens is 3. The van der Waals surface area contributed by atoms with Crippen molar-refractivity contribution < 1.29 is 4.79 Å². The first-order valence-electron chi connectivity index (χ1n) is 10.8. The Morgan fingerprint density at radius 2 is 2.10 bits per heavy atom. The molecule has 158 valence electrons.